The number of piperidine rings is 1. The van der Waals surface area contributed by atoms with Gasteiger partial charge in [-0.15, -0.1) is 23.5 Å². The summed E-state index contributed by atoms with van der Waals surface area (Å²) in [6.45, 7) is 1.66. The normalized spacial score (nSPS) is 19.0. The third kappa shape index (κ3) is 3.95. The fourth-order valence-corrected chi connectivity index (χ4v) is 7.37. The number of benzene rings is 2. The molecule has 1 N–H and O–H groups in total. The number of nitrogens with zero attached hydrogens (tertiary/aromatic N) is 1. The Hall–Kier alpha value is -1.85. The summed E-state index contributed by atoms with van der Waals surface area (Å²) in [5.74, 6) is 3.18. The lowest BCUT2D eigenvalue weighted by Gasteiger charge is -2.32. The maximum atomic E-state index is 13.0. The maximum Gasteiger partial charge on any atom is 0.253 e. The van der Waals surface area contributed by atoms with Gasteiger partial charge in [0.05, 0.1) is 4.58 Å². The minimum Gasteiger partial charge on any atom is -0.361 e. The summed E-state index contributed by atoms with van der Waals surface area (Å²) in [6, 6.07) is 16.9. The molecule has 150 valence electrons. The van der Waals surface area contributed by atoms with Crippen LogP contribution in [-0.4, -0.2) is 40.4 Å². The molecular weight excluding hydrogens is 396 g/mol. The lowest BCUT2D eigenvalue weighted by atomic mass is 9.89. The Morgan fingerprint density at radius 1 is 0.966 bits per heavy atom. The minimum atomic E-state index is 0.179. The van der Waals surface area contributed by atoms with Crippen molar-refractivity contribution < 1.29 is 4.79 Å². The molecule has 2 aromatic carbocycles. The molecule has 0 spiro atoms. The smallest absolute Gasteiger partial charge is 0.253 e. The average molecular weight is 423 g/mol. The van der Waals surface area contributed by atoms with Crippen molar-refractivity contribution in [2.24, 2.45) is 0 Å². The molecule has 3 aromatic rings. The van der Waals surface area contributed by atoms with Crippen molar-refractivity contribution in [3.05, 3.63) is 71.4 Å². The Bertz CT molecular complexity index is 984. The number of hydrogen-bond acceptors (Lipinski definition) is 3. The summed E-state index contributed by atoms with van der Waals surface area (Å²) in [4.78, 5) is 18.4. The van der Waals surface area contributed by atoms with Crippen molar-refractivity contribution in [3.63, 3.8) is 0 Å². The van der Waals surface area contributed by atoms with Crippen molar-refractivity contribution in [2.75, 3.05) is 24.6 Å². The van der Waals surface area contributed by atoms with Crippen LogP contribution < -0.4 is 0 Å². The van der Waals surface area contributed by atoms with E-state index >= 15 is 0 Å². The van der Waals surface area contributed by atoms with Gasteiger partial charge in [0.25, 0.3) is 5.91 Å². The number of amides is 1. The van der Waals surface area contributed by atoms with Gasteiger partial charge in [-0.1, -0.05) is 30.3 Å². The molecule has 0 aliphatic carbocycles. The highest BCUT2D eigenvalue weighted by Gasteiger charge is 2.26. The van der Waals surface area contributed by atoms with Crippen LogP contribution in [0.3, 0.4) is 0 Å². The van der Waals surface area contributed by atoms with Gasteiger partial charge in [0.2, 0.25) is 0 Å². The molecule has 5 heteroatoms. The van der Waals surface area contributed by atoms with E-state index < -0.39 is 0 Å². The first-order valence-corrected chi connectivity index (χ1v) is 12.6. The predicted molar refractivity (Wildman–Crippen MR) is 125 cm³/mol. The molecule has 1 amide bonds. The van der Waals surface area contributed by atoms with E-state index in [1.807, 2.05) is 40.6 Å². The summed E-state index contributed by atoms with van der Waals surface area (Å²) in [5.41, 5.74) is 4.77. The number of rotatable bonds is 3. The van der Waals surface area contributed by atoms with Crippen molar-refractivity contribution >= 4 is 40.3 Å². The van der Waals surface area contributed by atoms with Crippen LogP contribution in [0.5, 0.6) is 0 Å². The maximum absolute atomic E-state index is 13.0. The number of thioether (sulfide) groups is 2. The van der Waals surface area contributed by atoms with E-state index in [-0.39, 0.29) is 5.91 Å². The Morgan fingerprint density at radius 3 is 2.45 bits per heavy atom. The molecule has 2 aliphatic rings. The van der Waals surface area contributed by atoms with Crippen molar-refractivity contribution in [1.29, 1.82) is 0 Å². The van der Waals surface area contributed by atoms with Crippen LogP contribution in [0.2, 0.25) is 0 Å². The predicted octanol–water partition coefficient (Wildman–Crippen LogP) is 6.06. The Labute approximate surface area is 180 Å². The van der Waals surface area contributed by atoms with E-state index in [4.69, 9.17) is 0 Å². The third-order valence-electron chi connectivity index (χ3n) is 6.10. The number of hydrogen-bond donors (Lipinski definition) is 1. The number of para-hydroxylation sites is 1. The first kappa shape index (κ1) is 19.1. The summed E-state index contributed by atoms with van der Waals surface area (Å²) in [6.07, 6.45) is 5.52. The van der Waals surface area contributed by atoms with E-state index in [0.717, 1.165) is 31.5 Å². The quantitative estimate of drug-likeness (QED) is 0.558. The minimum absolute atomic E-state index is 0.179. The molecule has 0 bridgehead atoms. The van der Waals surface area contributed by atoms with Crippen molar-refractivity contribution in [1.82, 2.24) is 9.88 Å². The molecule has 1 aromatic heterocycles. The number of aromatic nitrogens is 1. The van der Waals surface area contributed by atoms with Crippen LogP contribution in [0.15, 0.2) is 54.7 Å². The van der Waals surface area contributed by atoms with E-state index in [1.54, 1.807) is 0 Å². The molecule has 2 aliphatic heterocycles. The summed E-state index contributed by atoms with van der Waals surface area (Å²) >= 11 is 4.05. The fraction of sp³-hybridized carbons (Fsp3) is 0.375. The van der Waals surface area contributed by atoms with Gasteiger partial charge < -0.3 is 9.88 Å². The van der Waals surface area contributed by atoms with Crippen LogP contribution in [-0.2, 0) is 0 Å². The van der Waals surface area contributed by atoms with Gasteiger partial charge >= 0.3 is 0 Å². The zero-order chi connectivity index (χ0) is 19.6. The molecule has 2 saturated heterocycles. The van der Waals surface area contributed by atoms with Crippen LogP contribution >= 0.6 is 23.5 Å². The second-order valence-corrected chi connectivity index (χ2v) is 10.6. The van der Waals surface area contributed by atoms with Gasteiger partial charge in [-0.3, -0.25) is 4.79 Å². The lowest BCUT2D eigenvalue weighted by molar-refractivity contribution is 0.0713. The van der Waals surface area contributed by atoms with Gasteiger partial charge in [-0.05, 0) is 66.0 Å². The van der Waals surface area contributed by atoms with E-state index in [0.29, 0.717) is 10.5 Å². The highest BCUT2D eigenvalue weighted by molar-refractivity contribution is 8.16. The van der Waals surface area contributed by atoms with Gasteiger partial charge in [-0.25, -0.2) is 0 Å². The van der Waals surface area contributed by atoms with E-state index in [9.17, 15) is 4.79 Å². The molecule has 2 fully saturated rings. The monoisotopic (exact) mass is 422 g/mol. The Balaban J connectivity index is 1.23. The number of likely N-dealkylation sites (tertiary alicyclic amines) is 1. The zero-order valence-corrected chi connectivity index (χ0v) is 18.1. The molecule has 0 radical (unpaired) electrons. The zero-order valence-electron chi connectivity index (χ0n) is 16.5. The van der Waals surface area contributed by atoms with Gasteiger partial charge in [0.1, 0.15) is 0 Å². The fourth-order valence-electron chi connectivity index (χ4n) is 4.47. The van der Waals surface area contributed by atoms with E-state index in [2.05, 4.69) is 47.6 Å². The molecule has 3 heterocycles. The molecule has 0 saturated carbocycles. The van der Waals surface area contributed by atoms with Crippen LogP contribution in [0.4, 0.5) is 0 Å². The first-order chi connectivity index (χ1) is 14.3. The summed E-state index contributed by atoms with van der Waals surface area (Å²) in [7, 11) is 0. The number of aromatic amines is 1. The average Bonchev–Trinajstić information content (AvgIpc) is 3.24. The summed E-state index contributed by atoms with van der Waals surface area (Å²) in [5, 5.41) is 1.33. The first-order valence-electron chi connectivity index (χ1n) is 10.5. The second-order valence-electron chi connectivity index (χ2n) is 7.91. The lowest BCUT2D eigenvalue weighted by Crippen LogP contribution is -2.37. The highest BCUT2D eigenvalue weighted by Crippen LogP contribution is 2.43. The van der Waals surface area contributed by atoms with Gasteiger partial charge in [-0.2, -0.15) is 0 Å². The Morgan fingerprint density at radius 2 is 1.69 bits per heavy atom. The largest absolute Gasteiger partial charge is 0.361 e. The number of carbonyl (C=O) groups is 1. The number of fused-ring (bicyclic) bond motifs is 1. The number of H-pyrrole nitrogens is 1. The van der Waals surface area contributed by atoms with Crippen molar-refractivity contribution in [2.45, 2.75) is 29.8 Å². The molecule has 0 unspecified atom stereocenters. The van der Waals surface area contributed by atoms with E-state index in [1.165, 1.54) is 40.0 Å². The SMILES string of the molecule is O=C(c1ccc(C2SCCCS2)cc1)N1CCC(c2c[nH]c3ccccc23)CC1. The topological polar surface area (TPSA) is 36.1 Å². The van der Waals surface area contributed by atoms with Crippen LogP contribution in [0.1, 0.15) is 51.2 Å². The molecule has 0 atom stereocenters. The van der Waals surface area contributed by atoms with Crippen LogP contribution in [0.25, 0.3) is 10.9 Å². The second kappa shape index (κ2) is 8.49. The molecule has 5 rings (SSSR count). The van der Waals surface area contributed by atoms with Crippen LogP contribution in [0, 0.1) is 0 Å². The number of carbonyl (C=O) groups excluding carboxylic acids is 1. The highest BCUT2D eigenvalue weighted by atomic mass is 32.2. The number of nitrogens with one attached hydrogen (secondary N) is 1. The van der Waals surface area contributed by atoms with Gasteiger partial charge in [0.15, 0.2) is 0 Å². The standard InChI is InChI=1S/C24H26N2OS2/c27-23(18-6-8-19(9-7-18)24-28-14-3-15-29-24)26-12-10-17(11-13-26)21-16-25-22-5-2-1-4-20(21)22/h1-2,4-9,16-17,24-25H,3,10-15H2. The third-order valence-corrected chi connectivity index (χ3v) is 9.12. The molecular formula is C24H26N2OS2. The molecule has 29 heavy (non-hydrogen) atoms. The molecule has 3 nitrogen and oxygen atoms in total. The Kier molecular flexibility index (Phi) is 5.60. The van der Waals surface area contributed by atoms with Gasteiger partial charge in [0, 0.05) is 35.8 Å². The van der Waals surface area contributed by atoms with Crippen molar-refractivity contribution in [3.8, 4) is 0 Å². The summed E-state index contributed by atoms with van der Waals surface area (Å²) < 4.78 is 0.528.